The molecule has 1 aromatic rings. The summed E-state index contributed by atoms with van der Waals surface area (Å²) >= 11 is 8.89. The molecule has 1 heterocycles. The van der Waals surface area contributed by atoms with E-state index in [-0.39, 0.29) is 5.88 Å². The first-order chi connectivity index (χ1) is 6.13. The van der Waals surface area contributed by atoms with E-state index >= 15 is 0 Å². The first-order valence-electron chi connectivity index (χ1n) is 3.28. The normalized spacial score (nSPS) is 10.5. The predicted octanol–water partition coefficient (Wildman–Crippen LogP) is 3.23. The van der Waals surface area contributed by atoms with Crippen LogP contribution in [0.3, 0.4) is 0 Å². The summed E-state index contributed by atoms with van der Waals surface area (Å²) in [6.07, 6.45) is 1.38. The summed E-state index contributed by atoms with van der Waals surface area (Å²) in [7, 11) is 0. The van der Waals surface area contributed by atoms with E-state index in [2.05, 4.69) is 25.7 Å². The van der Waals surface area contributed by atoms with Crippen molar-refractivity contribution in [2.45, 2.75) is 11.9 Å². The van der Waals surface area contributed by atoms with Gasteiger partial charge in [0.25, 0.3) is 0 Å². The van der Waals surface area contributed by atoms with Gasteiger partial charge in [0.2, 0.25) is 5.88 Å². The highest BCUT2D eigenvalue weighted by Crippen LogP contribution is 2.22. The van der Waals surface area contributed by atoms with Crippen LogP contribution in [0, 0.1) is 0 Å². The Hall–Kier alpha value is -0.420. The molecule has 2 nitrogen and oxygen atoms in total. The van der Waals surface area contributed by atoms with Gasteiger partial charge in [0.1, 0.15) is 0 Å². The Balaban J connectivity index is 2.83. The van der Waals surface area contributed by atoms with Gasteiger partial charge in [-0.2, -0.15) is 8.78 Å². The van der Waals surface area contributed by atoms with Crippen molar-refractivity contribution in [3.8, 4) is 5.88 Å². The summed E-state index contributed by atoms with van der Waals surface area (Å²) < 4.78 is 27.5. The number of halogens is 4. The van der Waals surface area contributed by atoms with E-state index in [9.17, 15) is 8.78 Å². The first kappa shape index (κ1) is 10.7. The number of hydrogen-bond acceptors (Lipinski definition) is 2. The molecule has 0 atom stereocenters. The fourth-order valence-corrected chi connectivity index (χ4v) is 1.51. The van der Waals surface area contributed by atoms with E-state index in [1.807, 2.05) is 0 Å². The highest BCUT2D eigenvalue weighted by Gasteiger charge is 2.07. The highest BCUT2D eigenvalue weighted by atomic mass is 79.9. The maximum Gasteiger partial charge on any atom is 0.388 e. The lowest BCUT2D eigenvalue weighted by molar-refractivity contribution is -0.0528. The Labute approximate surface area is 87.0 Å². The van der Waals surface area contributed by atoms with E-state index < -0.39 is 6.61 Å². The molecule has 6 heteroatoms. The molecule has 0 spiro atoms. The standard InChI is InChI=1S/C7H5BrClF2NO/c8-2-4-3-12-6(1-5(4)9)13-7(10)11/h1,3,7H,2H2. The molecule has 0 saturated carbocycles. The molecule has 0 N–H and O–H groups in total. The fourth-order valence-electron chi connectivity index (χ4n) is 0.696. The van der Waals surface area contributed by atoms with Gasteiger partial charge in [0.05, 0.1) is 5.02 Å². The molecule has 72 valence electrons. The Morgan fingerprint density at radius 2 is 2.31 bits per heavy atom. The average molecular weight is 272 g/mol. The summed E-state index contributed by atoms with van der Waals surface area (Å²) in [5, 5.41) is 0.871. The van der Waals surface area contributed by atoms with Crippen molar-refractivity contribution in [3.63, 3.8) is 0 Å². The topological polar surface area (TPSA) is 22.1 Å². The fraction of sp³-hybridized carbons (Fsp3) is 0.286. The smallest absolute Gasteiger partial charge is 0.388 e. The van der Waals surface area contributed by atoms with E-state index in [4.69, 9.17) is 11.6 Å². The number of pyridine rings is 1. The molecule has 0 unspecified atom stereocenters. The molecule has 0 radical (unpaired) electrons. The van der Waals surface area contributed by atoms with Gasteiger partial charge in [-0.25, -0.2) is 4.98 Å². The molecule has 0 aromatic carbocycles. The van der Waals surface area contributed by atoms with Gasteiger partial charge >= 0.3 is 6.61 Å². The zero-order valence-corrected chi connectivity index (χ0v) is 8.65. The van der Waals surface area contributed by atoms with Gasteiger partial charge in [-0.15, -0.1) is 0 Å². The van der Waals surface area contributed by atoms with Crippen LogP contribution in [-0.2, 0) is 5.33 Å². The van der Waals surface area contributed by atoms with Crippen LogP contribution in [0.4, 0.5) is 8.78 Å². The van der Waals surface area contributed by atoms with E-state index in [1.165, 1.54) is 12.3 Å². The largest absolute Gasteiger partial charge is 0.417 e. The van der Waals surface area contributed by atoms with Crippen LogP contribution < -0.4 is 4.74 Å². The number of aromatic nitrogens is 1. The van der Waals surface area contributed by atoms with E-state index in [0.717, 1.165) is 5.56 Å². The minimum absolute atomic E-state index is 0.176. The minimum atomic E-state index is -2.88. The molecule has 1 aromatic heterocycles. The van der Waals surface area contributed by atoms with Crippen LogP contribution in [0.1, 0.15) is 5.56 Å². The van der Waals surface area contributed by atoms with Gasteiger partial charge < -0.3 is 4.74 Å². The third-order valence-corrected chi connectivity index (χ3v) is 2.21. The van der Waals surface area contributed by atoms with Gasteiger partial charge in [-0.1, -0.05) is 27.5 Å². The summed E-state index contributed by atoms with van der Waals surface area (Å²) in [5.41, 5.74) is 0.725. The number of nitrogens with zero attached hydrogens (tertiary/aromatic N) is 1. The van der Waals surface area contributed by atoms with Crippen LogP contribution >= 0.6 is 27.5 Å². The quantitative estimate of drug-likeness (QED) is 0.788. The summed E-state index contributed by atoms with van der Waals surface area (Å²) in [5.74, 6) is -0.176. The molecule has 0 fully saturated rings. The SMILES string of the molecule is FC(F)Oc1cc(Cl)c(CBr)cn1. The monoisotopic (exact) mass is 271 g/mol. The Kier molecular flexibility index (Phi) is 3.87. The van der Waals surface area contributed by atoms with Crippen molar-refractivity contribution in [1.29, 1.82) is 0 Å². The molecular formula is C7H5BrClF2NO. The van der Waals surface area contributed by atoms with Crippen LogP contribution in [0.15, 0.2) is 12.3 Å². The molecule has 0 aliphatic heterocycles. The first-order valence-corrected chi connectivity index (χ1v) is 4.78. The van der Waals surface area contributed by atoms with Crippen LogP contribution in [-0.4, -0.2) is 11.6 Å². The van der Waals surface area contributed by atoms with Crippen molar-refractivity contribution in [3.05, 3.63) is 22.8 Å². The zero-order valence-electron chi connectivity index (χ0n) is 6.31. The molecule has 0 saturated heterocycles. The summed E-state index contributed by atoms with van der Waals surface area (Å²) in [6.45, 7) is -2.88. The Bertz CT molecular complexity index is 298. The van der Waals surface area contributed by atoms with Crippen molar-refractivity contribution in [1.82, 2.24) is 4.98 Å². The third kappa shape index (κ3) is 3.08. The van der Waals surface area contributed by atoms with E-state index in [0.29, 0.717) is 10.4 Å². The number of hydrogen-bond donors (Lipinski definition) is 0. The average Bonchev–Trinajstić information content (AvgIpc) is 2.03. The van der Waals surface area contributed by atoms with Crippen molar-refractivity contribution >= 4 is 27.5 Å². The maximum atomic E-state index is 11.7. The lowest BCUT2D eigenvalue weighted by atomic mass is 10.3. The van der Waals surface area contributed by atoms with Gasteiger partial charge in [-0.05, 0) is 5.56 Å². The molecular weight excluding hydrogens is 267 g/mol. The second kappa shape index (κ2) is 4.72. The highest BCUT2D eigenvalue weighted by molar-refractivity contribution is 9.08. The van der Waals surface area contributed by atoms with Crippen LogP contribution in [0.2, 0.25) is 5.02 Å². The van der Waals surface area contributed by atoms with Gasteiger partial charge in [-0.3, -0.25) is 0 Å². The third-order valence-electron chi connectivity index (χ3n) is 1.26. The van der Waals surface area contributed by atoms with Crippen molar-refractivity contribution in [2.24, 2.45) is 0 Å². The van der Waals surface area contributed by atoms with Gasteiger partial charge in [0, 0.05) is 17.6 Å². The Morgan fingerprint density at radius 3 is 2.77 bits per heavy atom. The second-order valence-electron chi connectivity index (χ2n) is 2.13. The minimum Gasteiger partial charge on any atom is -0.417 e. The molecule has 1 rings (SSSR count). The van der Waals surface area contributed by atoms with E-state index in [1.54, 1.807) is 0 Å². The number of alkyl halides is 3. The van der Waals surface area contributed by atoms with Crippen LogP contribution in [0.5, 0.6) is 5.88 Å². The molecule has 0 aliphatic carbocycles. The predicted molar refractivity (Wildman–Crippen MR) is 48.5 cm³/mol. The summed E-state index contributed by atoms with van der Waals surface area (Å²) in [4.78, 5) is 3.63. The van der Waals surface area contributed by atoms with Gasteiger partial charge in [0.15, 0.2) is 0 Å². The Morgan fingerprint density at radius 1 is 1.62 bits per heavy atom. The van der Waals surface area contributed by atoms with Crippen molar-refractivity contribution < 1.29 is 13.5 Å². The summed E-state index contributed by atoms with van der Waals surface area (Å²) in [6, 6.07) is 1.25. The lowest BCUT2D eigenvalue weighted by Crippen LogP contribution is -2.03. The number of rotatable bonds is 3. The maximum absolute atomic E-state index is 11.7. The zero-order chi connectivity index (χ0) is 9.84. The lowest BCUT2D eigenvalue weighted by Gasteiger charge is -2.04. The van der Waals surface area contributed by atoms with Crippen molar-refractivity contribution in [2.75, 3.05) is 0 Å². The molecule has 0 aliphatic rings. The second-order valence-corrected chi connectivity index (χ2v) is 3.09. The molecule has 13 heavy (non-hydrogen) atoms. The van der Waals surface area contributed by atoms with Crippen LogP contribution in [0.25, 0.3) is 0 Å². The molecule has 0 bridgehead atoms. The number of ether oxygens (including phenoxy) is 1. The molecule has 0 amide bonds.